The van der Waals surface area contributed by atoms with Crippen molar-refractivity contribution in [3.8, 4) is 5.75 Å². The summed E-state index contributed by atoms with van der Waals surface area (Å²) in [6, 6.07) is 9.81. The summed E-state index contributed by atoms with van der Waals surface area (Å²) in [4.78, 5) is 63.8. The number of carbonyl (C=O) groups is 4. The summed E-state index contributed by atoms with van der Waals surface area (Å²) >= 11 is 0. The maximum absolute atomic E-state index is 13.4. The maximum Gasteiger partial charge on any atom is 0.408 e. The van der Waals surface area contributed by atoms with Gasteiger partial charge in [-0.2, -0.15) is 0 Å². The molecule has 0 bridgehead atoms. The number of nitrogens with one attached hydrogen (secondary N) is 3. The molecule has 270 valence electrons. The van der Waals surface area contributed by atoms with E-state index in [0.29, 0.717) is 17.7 Å². The first kappa shape index (κ1) is 37.7. The van der Waals surface area contributed by atoms with Crippen molar-refractivity contribution >= 4 is 41.3 Å². The number of hydrogen-bond donors (Lipinski definition) is 4. The van der Waals surface area contributed by atoms with E-state index in [4.69, 9.17) is 9.47 Å². The summed E-state index contributed by atoms with van der Waals surface area (Å²) in [6.45, 7) is 12.8. The number of alkyl carbamates (subject to hydrolysis) is 1. The SMILES string of the molecule is CC[C@H](C)[C@H](NC(=O)OC(C)(C)C)C(=O)N[C@@H](CCCNC(=O)CN1c2ccccc2C(C)(C)C12C=Cc1cc([N+](=O)[O-])ccc1O2)C(=O)O. The molecular weight excluding hydrogens is 646 g/mol. The van der Waals surface area contributed by atoms with E-state index in [1.165, 1.54) is 12.1 Å². The van der Waals surface area contributed by atoms with E-state index >= 15 is 0 Å². The number of carboxylic acid groups (broad SMARTS) is 1. The third-order valence-corrected chi connectivity index (χ3v) is 9.20. The molecule has 0 aliphatic carbocycles. The van der Waals surface area contributed by atoms with E-state index in [-0.39, 0.29) is 43.4 Å². The molecule has 0 fully saturated rings. The van der Waals surface area contributed by atoms with Gasteiger partial charge in [-0.25, -0.2) is 9.59 Å². The fourth-order valence-corrected chi connectivity index (χ4v) is 6.30. The minimum Gasteiger partial charge on any atom is -0.480 e. The first-order chi connectivity index (χ1) is 23.4. The second kappa shape index (κ2) is 14.8. The first-order valence-corrected chi connectivity index (χ1v) is 16.7. The smallest absolute Gasteiger partial charge is 0.408 e. The second-order valence-corrected chi connectivity index (χ2v) is 14.2. The molecule has 1 spiro atoms. The number of amides is 3. The number of aliphatic carboxylic acids is 1. The van der Waals surface area contributed by atoms with Gasteiger partial charge in [-0.1, -0.05) is 38.5 Å². The standard InChI is InChI=1S/C36H47N5O9/c1-8-22(2)30(39-33(46)50-34(3,4)5)31(43)38-26(32(44)45)13-11-19-37-29(42)21-40-27-14-10-9-12-25(27)35(6,7)36(40)18-17-23-20-24(41(47)48)15-16-28(23)49-36/h9-10,12,14-18,20,22,26,30H,8,11,13,19,21H2,1-7H3,(H,37,42)(H,38,43)(H,39,46)(H,44,45)/t22-,26-,30-,36?/m0/s1. The van der Waals surface area contributed by atoms with Crippen LogP contribution in [0.25, 0.3) is 6.08 Å². The number of anilines is 1. The topological polar surface area (TPSA) is 189 Å². The monoisotopic (exact) mass is 693 g/mol. The predicted octanol–water partition coefficient (Wildman–Crippen LogP) is 4.90. The van der Waals surface area contributed by atoms with Crippen molar-refractivity contribution < 1.29 is 38.7 Å². The van der Waals surface area contributed by atoms with Crippen LogP contribution in [0.5, 0.6) is 5.75 Å². The summed E-state index contributed by atoms with van der Waals surface area (Å²) in [6.07, 6.45) is 3.65. The number of nitro benzene ring substituents is 1. The van der Waals surface area contributed by atoms with Gasteiger partial charge >= 0.3 is 12.1 Å². The molecule has 14 heteroatoms. The summed E-state index contributed by atoms with van der Waals surface area (Å²) in [7, 11) is 0. The number of non-ortho nitro benzene ring substituents is 1. The number of nitro groups is 1. The van der Waals surface area contributed by atoms with Crippen LogP contribution in [0.3, 0.4) is 0 Å². The molecule has 2 aliphatic heterocycles. The van der Waals surface area contributed by atoms with Gasteiger partial charge in [0.05, 0.1) is 10.3 Å². The number of nitrogens with zero attached hydrogens (tertiary/aromatic N) is 2. The quantitative estimate of drug-likeness (QED) is 0.128. The van der Waals surface area contributed by atoms with Gasteiger partial charge in [0.1, 0.15) is 30.0 Å². The van der Waals surface area contributed by atoms with Gasteiger partial charge in [-0.05, 0) is 83.2 Å². The lowest BCUT2D eigenvalue weighted by atomic mass is 9.76. The minimum absolute atomic E-state index is 0.0271. The fraction of sp³-hybridized carbons (Fsp3) is 0.500. The lowest BCUT2D eigenvalue weighted by Gasteiger charge is -2.46. The highest BCUT2D eigenvalue weighted by Gasteiger charge is 2.59. The normalized spacial score (nSPS) is 18.9. The van der Waals surface area contributed by atoms with Gasteiger partial charge in [0, 0.05) is 29.9 Å². The van der Waals surface area contributed by atoms with Crippen LogP contribution < -0.4 is 25.6 Å². The van der Waals surface area contributed by atoms with Crippen molar-refractivity contribution in [3.63, 3.8) is 0 Å². The summed E-state index contributed by atoms with van der Waals surface area (Å²) in [5.41, 5.74) is -0.298. The number of para-hydroxylation sites is 1. The molecule has 0 saturated carbocycles. The number of fused-ring (bicyclic) bond motifs is 2. The molecule has 1 unspecified atom stereocenters. The van der Waals surface area contributed by atoms with Crippen LogP contribution in [0.15, 0.2) is 48.5 Å². The van der Waals surface area contributed by atoms with Gasteiger partial charge in [-0.15, -0.1) is 0 Å². The molecule has 4 atom stereocenters. The molecule has 50 heavy (non-hydrogen) atoms. The highest BCUT2D eigenvalue weighted by atomic mass is 16.6. The van der Waals surface area contributed by atoms with E-state index in [1.807, 2.05) is 56.0 Å². The Labute approximate surface area is 291 Å². The van der Waals surface area contributed by atoms with Crippen molar-refractivity contribution in [2.45, 2.75) is 96.6 Å². The average Bonchev–Trinajstić information content (AvgIpc) is 3.21. The molecule has 4 N–H and O–H groups in total. The number of hydrogen-bond acceptors (Lipinski definition) is 9. The zero-order valence-electron chi connectivity index (χ0n) is 29.6. The van der Waals surface area contributed by atoms with Gasteiger partial charge in [0.15, 0.2) is 0 Å². The molecule has 2 aromatic rings. The van der Waals surface area contributed by atoms with Crippen LogP contribution in [0.4, 0.5) is 16.2 Å². The highest BCUT2D eigenvalue weighted by molar-refractivity contribution is 5.89. The van der Waals surface area contributed by atoms with Gasteiger partial charge in [0.2, 0.25) is 17.5 Å². The van der Waals surface area contributed by atoms with Crippen molar-refractivity contribution in [2.24, 2.45) is 5.92 Å². The third-order valence-electron chi connectivity index (χ3n) is 9.20. The van der Waals surface area contributed by atoms with Crippen LogP contribution in [0.1, 0.15) is 78.9 Å². The van der Waals surface area contributed by atoms with Gasteiger partial charge in [0.25, 0.3) is 5.69 Å². The Balaban J connectivity index is 1.41. The zero-order chi connectivity index (χ0) is 37.0. The molecule has 0 aromatic heterocycles. The second-order valence-electron chi connectivity index (χ2n) is 14.2. The third kappa shape index (κ3) is 8.01. The lowest BCUT2D eigenvalue weighted by Crippen LogP contribution is -2.61. The van der Waals surface area contributed by atoms with Crippen LogP contribution in [0, 0.1) is 16.0 Å². The maximum atomic E-state index is 13.4. The average molecular weight is 694 g/mol. The van der Waals surface area contributed by atoms with Gasteiger partial charge < -0.3 is 35.4 Å². The van der Waals surface area contributed by atoms with Gasteiger partial charge in [-0.3, -0.25) is 19.7 Å². The lowest BCUT2D eigenvalue weighted by molar-refractivity contribution is -0.384. The Kier molecular flexibility index (Phi) is 11.1. The number of rotatable bonds is 13. The summed E-state index contributed by atoms with van der Waals surface area (Å²) in [5, 5.41) is 29.2. The highest BCUT2D eigenvalue weighted by Crippen LogP contribution is 2.54. The number of carboxylic acids is 1. The van der Waals surface area contributed by atoms with E-state index in [1.54, 1.807) is 39.8 Å². The Morgan fingerprint density at radius 1 is 1.10 bits per heavy atom. The largest absolute Gasteiger partial charge is 0.480 e. The Morgan fingerprint density at radius 3 is 2.44 bits per heavy atom. The Hall–Kier alpha value is -5.14. The van der Waals surface area contributed by atoms with Crippen LogP contribution >= 0.6 is 0 Å². The van der Waals surface area contributed by atoms with Crippen molar-refractivity contribution in [2.75, 3.05) is 18.0 Å². The van der Waals surface area contributed by atoms with E-state index < -0.39 is 51.7 Å². The molecule has 0 radical (unpaired) electrons. The summed E-state index contributed by atoms with van der Waals surface area (Å²) in [5.74, 6) is -2.07. The molecular formula is C36H47N5O9. The molecule has 0 saturated heterocycles. The Bertz CT molecular complexity index is 1670. The molecule has 4 rings (SSSR count). The molecule has 2 aromatic carbocycles. The number of carbonyl (C=O) groups excluding carboxylic acids is 3. The minimum atomic E-state index is -1.25. The molecule has 14 nitrogen and oxygen atoms in total. The van der Waals surface area contributed by atoms with Crippen LogP contribution in [0.2, 0.25) is 0 Å². The van der Waals surface area contributed by atoms with Crippen LogP contribution in [-0.4, -0.2) is 70.4 Å². The van der Waals surface area contributed by atoms with Crippen LogP contribution in [-0.2, 0) is 24.5 Å². The Morgan fingerprint density at radius 2 is 1.80 bits per heavy atom. The number of ether oxygens (including phenoxy) is 2. The fourth-order valence-electron chi connectivity index (χ4n) is 6.30. The summed E-state index contributed by atoms with van der Waals surface area (Å²) < 4.78 is 11.9. The van der Waals surface area contributed by atoms with E-state index in [0.717, 1.165) is 11.3 Å². The predicted molar refractivity (Wildman–Crippen MR) is 187 cm³/mol. The van der Waals surface area contributed by atoms with Crippen molar-refractivity contribution in [1.29, 1.82) is 0 Å². The van der Waals surface area contributed by atoms with E-state index in [2.05, 4.69) is 16.0 Å². The van der Waals surface area contributed by atoms with Crippen molar-refractivity contribution in [3.05, 3.63) is 69.8 Å². The molecule has 3 amide bonds. The molecule has 2 heterocycles. The zero-order valence-corrected chi connectivity index (χ0v) is 29.6. The molecule has 2 aliphatic rings. The van der Waals surface area contributed by atoms with Crippen molar-refractivity contribution in [1.82, 2.24) is 16.0 Å². The number of benzene rings is 2. The first-order valence-electron chi connectivity index (χ1n) is 16.7. The van der Waals surface area contributed by atoms with E-state index in [9.17, 15) is 34.4 Å².